The number of hydrogen-bond donors (Lipinski definition) is 2. The molecule has 0 spiro atoms. The Bertz CT molecular complexity index is 553. The molecule has 1 aromatic carbocycles. The first-order chi connectivity index (χ1) is 11.4. The highest BCUT2D eigenvalue weighted by Gasteiger charge is 2.62. The van der Waals surface area contributed by atoms with Crippen molar-refractivity contribution in [3.05, 3.63) is 29.8 Å². The van der Waals surface area contributed by atoms with E-state index in [9.17, 15) is 10.2 Å². The van der Waals surface area contributed by atoms with Crippen LogP contribution in [0.2, 0.25) is 0 Å². The molecule has 0 aliphatic carbocycles. The van der Waals surface area contributed by atoms with Gasteiger partial charge in [-0.2, -0.15) is 0 Å². The molecule has 7 heteroatoms. The van der Waals surface area contributed by atoms with Gasteiger partial charge in [0.15, 0.2) is 12.1 Å². The first kappa shape index (κ1) is 17.6. The molecule has 2 aliphatic rings. The first-order valence-corrected chi connectivity index (χ1v) is 7.93. The van der Waals surface area contributed by atoms with Crippen LogP contribution >= 0.6 is 0 Å². The van der Waals surface area contributed by atoms with Crippen molar-refractivity contribution in [3.63, 3.8) is 0 Å². The molecule has 3 rings (SSSR count). The smallest absolute Gasteiger partial charge is 0.190 e. The Morgan fingerprint density at radius 1 is 1.04 bits per heavy atom. The highest BCUT2D eigenvalue weighted by atomic mass is 16.8. The van der Waals surface area contributed by atoms with Crippen molar-refractivity contribution in [1.82, 2.24) is 0 Å². The van der Waals surface area contributed by atoms with Gasteiger partial charge in [-0.3, -0.25) is 0 Å². The normalized spacial score (nSPS) is 30.3. The van der Waals surface area contributed by atoms with Crippen LogP contribution < -0.4 is 4.74 Å². The Labute approximate surface area is 141 Å². The van der Waals surface area contributed by atoms with Gasteiger partial charge >= 0.3 is 0 Å². The summed E-state index contributed by atoms with van der Waals surface area (Å²) in [6.45, 7) is 3.07. The molecule has 7 nitrogen and oxygen atoms in total. The SMILES string of the molecule is COc1ccc(CO[C@@H]2C3OC(C)(C)O[C@H]3OC2(CO)CO)cc1. The van der Waals surface area contributed by atoms with Crippen LogP contribution in [0.4, 0.5) is 0 Å². The van der Waals surface area contributed by atoms with Gasteiger partial charge in [0.05, 0.1) is 26.9 Å². The second-order valence-electron chi connectivity index (χ2n) is 6.55. The van der Waals surface area contributed by atoms with Gasteiger partial charge < -0.3 is 33.9 Å². The maximum Gasteiger partial charge on any atom is 0.190 e. The summed E-state index contributed by atoms with van der Waals surface area (Å²) in [6.07, 6.45) is -1.85. The molecule has 2 N–H and O–H groups in total. The second-order valence-corrected chi connectivity index (χ2v) is 6.55. The van der Waals surface area contributed by atoms with Gasteiger partial charge in [0, 0.05) is 0 Å². The molecule has 2 saturated heterocycles. The number of hydrogen-bond acceptors (Lipinski definition) is 7. The third-order valence-electron chi connectivity index (χ3n) is 4.38. The molecule has 0 bridgehead atoms. The Morgan fingerprint density at radius 3 is 2.29 bits per heavy atom. The van der Waals surface area contributed by atoms with Crippen molar-refractivity contribution in [1.29, 1.82) is 0 Å². The predicted octanol–water partition coefficient (Wildman–Crippen LogP) is 0.812. The number of aliphatic hydroxyl groups is 2. The second kappa shape index (κ2) is 6.59. The van der Waals surface area contributed by atoms with Crippen molar-refractivity contribution >= 4 is 0 Å². The molecule has 3 atom stereocenters. The van der Waals surface area contributed by atoms with E-state index in [1.54, 1.807) is 21.0 Å². The molecule has 134 valence electrons. The van der Waals surface area contributed by atoms with Gasteiger partial charge in [-0.15, -0.1) is 0 Å². The summed E-state index contributed by atoms with van der Waals surface area (Å²) in [5.41, 5.74) is -0.319. The fraction of sp³-hybridized carbons (Fsp3) is 0.647. The summed E-state index contributed by atoms with van der Waals surface area (Å²) in [4.78, 5) is 0. The van der Waals surface area contributed by atoms with E-state index in [1.807, 2.05) is 24.3 Å². The zero-order chi connectivity index (χ0) is 17.4. The lowest BCUT2D eigenvalue weighted by Gasteiger charge is -2.33. The Morgan fingerprint density at radius 2 is 1.71 bits per heavy atom. The lowest BCUT2D eigenvalue weighted by molar-refractivity contribution is -0.258. The van der Waals surface area contributed by atoms with Gasteiger partial charge in [0.25, 0.3) is 0 Å². The zero-order valence-corrected chi connectivity index (χ0v) is 14.1. The molecule has 2 aliphatic heterocycles. The van der Waals surface area contributed by atoms with E-state index in [4.69, 9.17) is 23.7 Å². The van der Waals surface area contributed by atoms with E-state index in [1.165, 1.54) is 0 Å². The number of benzene rings is 1. The average molecular weight is 340 g/mol. The van der Waals surface area contributed by atoms with Crippen molar-refractivity contribution in [2.75, 3.05) is 20.3 Å². The number of fused-ring (bicyclic) bond motifs is 1. The minimum atomic E-state index is -1.25. The fourth-order valence-electron chi connectivity index (χ4n) is 3.11. The lowest BCUT2D eigenvalue weighted by atomic mass is 9.97. The van der Waals surface area contributed by atoms with Crippen LogP contribution in [-0.4, -0.2) is 60.4 Å². The summed E-state index contributed by atoms with van der Waals surface area (Å²) >= 11 is 0. The molecule has 2 heterocycles. The van der Waals surface area contributed by atoms with Crippen LogP contribution in [0.1, 0.15) is 19.4 Å². The maximum atomic E-state index is 9.75. The fourth-order valence-corrected chi connectivity index (χ4v) is 3.11. The molecule has 24 heavy (non-hydrogen) atoms. The van der Waals surface area contributed by atoms with Crippen molar-refractivity contribution in [2.45, 2.75) is 50.3 Å². The minimum absolute atomic E-state index is 0.285. The average Bonchev–Trinajstić information content (AvgIpc) is 3.02. The Balaban J connectivity index is 1.74. The number of methoxy groups -OCH3 is 1. The largest absolute Gasteiger partial charge is 0.497 e. The third kappa shape index (κ3) is 3.15. The van der Waals surface area contributed by atoms with E-state index in [0.717, 1.165) is 11.3 Å². The summed E-state index contributed by atoms with van der Waals surface area (Å²) in [6, 6.07) is 7.47. The molecule has 1 unspecified atom stereocenters. The molecule has 0 amide bonds. The van der Waals surface area contributed by atoms with Crippen molar-refractivity contribution < 1.29 is 33.9 Å². The van der Waals surface area contributed by atoms with Crippen LogP contribution in [0.3, 0.4) is 0 Å². The number of rotatable bonds is 6. The van der Waals surface area contributed by atoms with E-state index >= 15 is 0 Å². The summed E-state index contributed by atoms with van der Waals surface area (Å²) < 4.78 is 28.4. The highest BCUT2D eigenvalue weighted by molar-refractivity contribution is 5.26. The summed E-state index contributed by atoms with van der Waals surface area (Å²) in [5, 5.41) is 19.5. The van der Waals surface area contributed by atoms with Gasteiger partial charge in [-0.05, 0) is 31.5 Å². The maximum absolute atomic E-state index is 9.75. The third-order valence-corrected chi connectivity index (χ3v) is 4.38. The molecule has 0 radical (unpaired) electrons. The lowest BCUT2D eigenvalue weighted by Crippen LogP contribution is -2.52. The van der Waals surface area contributed by atoms with Gasteiger partial charge in [0.2, 0.25) is 0 Å². The summed E-state index contributed by atoms with van der Waals surface area (Å²) in [5.74, 6) is -0.0361. The van der Waals surface area contributed by atoms with E-state index in [-0.39, 0.29) is 6.61 Å². The number of ether oxygens (including phenoxy) is 5. The van der Waals surface area contributed by atoms with Crippen LogP contribution in [-0.2, 0) is 25.6 Å². The standard InChI is InChI=1S/C17H24O7/c1-16(2)22-13-14(17(9-18,10-19)24-15(13)23-16)21-8-11-4-6-12(20-3)7-5-11/h4-7,13-15,18-19H,8-10H2,1-3H3/t13?,14-,15+/m1/s1. The Hall–Kier alpha value is -1.22. The predicted molar refractivity (Wildman–Crippen MR) is 83.4 cm³/mol. The van der Waals surface area contributed by atoms with Gasteiger partial charge in [-0.25, -0.2) is 0 Å². The highest BCUT2D eigenvalue weighted by Crippen LogP contribution is 2.43. The van der Waals surface area contributed by atoms with Gasteiger partial charge in [-0.1, -0.05) is 12.1 Å². The number of aliphatic hydroxyl groups excluding tert-OH is 2. The summed E-state index contributed by atoms with van der Waals surface area (Å²) in [7, 11) is 1.61. The molecular weight excluding hydrogens is 316 g/mol. The van der Waals surface area contributed by atoms with Crippen LogP contribution in [0.25, 0.3) is 0 Å². The molecule has 2 fully saturated rings. The molecular formula is C17H24O7. The van der Waals surface area contributed by atoms with Crippen LogP contribution in [0.5, 0.6) is 5.75 Å². The zero-order valence-electron chi connectivity index (χ0n) is 14.1. The van der Waals surface area contributed by atoms with E-state index in [2.05, 4.69) is 0 Å². The molecule has 0 aromatic heterocycles. The van der Waals surface area contributed by atoms with Gasteiger partial charge in [0.1, 0.15) is 23.6 Å². The monoisotopic (exact) mass is 340 g/mol. The van der Waals surface area contributed by atoms with Crippen molar-refractivity contribution in [2.24, 2.45) is 0 Å². The molecule has 1 aromatic rings. The van der Waals surface area contributed by atoms with Crippen molar-refractivity contribution in [3.8, 4) is 5.75 Å². The molecule has 0 saturated carbocycles. The van der Waals surface area contributed by atoms with E-state index < -0.39 is 43.1 Å². The Kier molecular flexibility index (Phi) is 4.83. The van der Waals surface area contributed by atoms with Crippen LogP contribution in [0, 0.1) is 0 Å². The topological polar surface area (TPSA) is 86.6 Å². The first-order valence-electron chi connectivity index (χ1n) is 7.93. The van der Waals surface area contributed by atoms with E-state index in [0.29, 0.717) is 0 Å². The minimum Gasteiger partial charge on any atom is -0.497 e. The van der Waals surface area contributed by atoms with Crippen LogP contribution in [0.15, 0.2) is 24.3 Å². The quantitative estimate of drug-likeness (QED) is 0.792.